The topological polar surface area (TPSA) is 50.3 Å². The number of allylic oxidation sites excluding steroid dienone is 2. The van der Waals surface area contributed by atoms with Gasteiger partial charge in [0.05, 0.1) is 25.6 Å². The Balaban J connectivity index is 1.30. The van der Waals surface area contributed by atoms with Gasteiger partial charge in [-0.25, -0.2) is 0 Å². The molecule has 0 atom stereocenters. The number of ether oxygens (including phenoxy) is 1. The monoisotopic (exact) mass is 519 g/mol. The molecule has 5 rings (SSSR count). The number of hydrogen-bond donors (Lipinski definition) is 0. The zero-order chi connectivity index (χ0) is 25.5. The second-order valence-electron chi connectivity index (χ2n) is 8.65. The minimum atomic E-state index is -2.44. The summed E-state index contributed by atoms with van der Waals surface area (Å²) in [7, 11) is 0. The van der Waals surface area contributed by atoms with Crippen LogP contribution in [0, 0.1) is 0 Å². The largest absolute Gasteiger partial charge is 0.455 e. The molecule has 1 aliphatic heterocycles. The third-order valence-corrected chi connectivity index (χ3v) is 6.92. The zero-order valence-electron chi connectivity index (χ0n) is 20.2. The van der Waals surface area contributed by atoms with Gasteiger partial charge in [0.1, 0.15) is 11.5 Å². The van der Waals surface area contributed by atoms with Gasteiger partial charge in [0.2, 0.25) is 0 Å². The lowest BCUT2D eigenvalue weighted by Crippen LogP contribution is -2.36. The maximum atomic E-state index is 12.5. The zero-order valence-corrected chi connectivity index (χ0v) is 21.0. The molecule has 37 heavy (non-hydrogen) atoms. The van der Waals surface area contributed by atoms with E-state index in [-0.39, 0.29) is 0 Å². The quantitative estimate of drug-likeness (QED) is 0.180. The van der Waals surface area contributed by atoms with E-state index < -0.39 is 5.76 Å². The fraction of sp³-hybridized carbons (Fsp3) is 0.241. The summed E-state index contributed by atoms with van der Waals surface area (Å²) in [6, 6.07) is 20.9. The summed E-state index contributed by atoms with van der Waals surface area (Å²) in [4.78, 5) is 2.90. The molecule has 190 valence electrons. The van der Waals surface area contributed by atoms with Crippen LogP contribution in [0.25, 0.3) is 17.4 Å². The Hall–Kier alpha value is -3.49. The van der Waals surface area contributed by atoms with E-state index in [1.807, 2.05) is 24.4 Å². The van der Waals surface area contributed by atoms with Gasteiger partial charge in [-0.1, -0.05) is 54.2 Å². The Morgan fingerprint density at radius 2 is 1.62 bits per heavy atom. The van der Waals surface area contributed by atoms with Crippen LogP contribution in [0.4, 0.5) is 8.78 Å². The van der Waals surface area contributed by atoms with E-state index >= 15 is 0 Å². The van der Waals surface area contributed by atoms with Crippen molar-refractivity contribution in [2.45, 2.75) is 23.5 Å². The molecule has 0 N–H and O–H groups in total. The summed E-state index contributed by atoms with van der Waals surface area (Å²) in [5.41, 5.74) is 5.72. The number of nitrogens with zero attached hydrogens (tertiary/aromatic N) is 3. The van der Waals surface area contributed by atoms with E-state index in [1.165, 1.54) is 22.4 Å². The van der Waals surface area contributed by atoms with Gasteiger partial charge in [0.25, 0.3) is 5.76 Å². The molecule has 0 amide bonds. The molecular weight excluding hydrogens is 492 g/mol. The molecule has 1 aliphatic carbocycles. The smallest absolute Gasteiger partial charge is 0.288 e. The highest BCUT2D eigenvalue weighted by molar-refractivity contribution is 7.99. The van der Waals surface area contributed by atoms with Crippen LogP contribution in [0.1, 0.15) is 24.2 Å². The number of benzene rings is 2. The Morgan fingerprint density at radius 3 is 2.38 bits per heavy atom. The first-order valence-electron chi connectivity index (χ1n) is 12.2. The Labute approximate surface area is 219 Å². The van der Waals surface area contributed by atoms with Gasteiger partial charge in [-0.05, 0) is 59.9 Å². The second-order valence-corrected chi connectivity index (χ2v) is 9.71. The molecule has 2 aliphatic rings. The molecular formula is C29H27F2N3O2S. The molecule has 0 saturated carbocycles. The SMILES string of the molecule is FC(F)Sc1ccc(-c2ccc(/C=N/N=C/C3=C(N4CCOCC4)C(=C/c4ccccc4)/CC3)o2)cc1. The van der Waals surface area contributed by atoms with Crippen LogP contribution in [-0.4, -0.2) is 49.4 Å². The van der Waals surface area contributed by atoms with E-state index in [0.717, 1.165) is 44.7 Å². The van der Waals surface area contributed by atoms with Gasteiger partial charge < -0.3 is 14.1 Å². The molecule has 0 spiro atoms. The highest BCUT2D eigenvalue weighted by atomic mass is 32.2. The number of thioether (sulfide) groups is 1. The predicted octanol–water partition coefficient (Wildman–Crippen LogP) is 7.13. The van der Waals surface area contributed by atoms with E-state index in [4.69, 9.17) is 9.15 Å². The normalized spacial score (nSPS) is 17.8. The Bertz CT molecular complexity index is 1310. The number of alkyl halides is 2. The summed E-state index contributed by atoms with van der Waals surface area (Å²) in [6.07, 6.45) is 7.55. The van der Waals surface area contributed by atoms with E-state index in [2.05, 4.69) is 45.4 Å². The molecule has 1 saturated heterocycles. The third kappa shape index (κ3) is 6.64. The number of furan rings is 1. The van der Waals surface area contributed by atoms with Crippen molar-refractivity contribution in [2.24, 2.45) is 10.2 Å². The van der Waals surface area contributed by atoms with Crippen molar-refractivity contribution in [3.05, 3.63) is 94.9 Å². The lowest BCUT2D eigenvalue weighted by Gasteiger charge is -2.31. The maximum absolute atomic E-state index is 12.5. The predicted molar refractivity (Wildman–Crippen MR) is 145 cm³/mol. The van der Waals surface area contributed by atoms with Crippen molar-refractivity contribution < 1.29 is 17.9 Å². The molecule has 5 nitrogen and oxygen atoms in total. The van der Waals surface area contributed by atoms with Crippen molar-refractivity contribution >= 4 is 30.3 Å². The van der Waals surface area contributed by atoms with Crippen LogP contribution in [0.2, 0.25) is 0 Å². The lowest BCUT2D eigenvalue weighted by molar-refractivity contribution is 0.0548. The summed E-state index contributed by atoms with van der Waals surface area (Å²) < 4.78 is 36.5. The number of rotatable bonds is 8. The average molecular weight is 520 g/mol. The highest BCUT2D eigenvalue weighted by Gasteiger charge is 2.25. The second kappa shape index (κ2) is 12.2. The number of morpholine rings is 1. The van der Waals surface area contributed by atoms with E-state index in [9.17, 15) is 8.78 Å². The van der Waals surface area contributed by atoms with Crippen molar-refractivity contribution in [1.82, 2.24) is 4.90 Å². The van der Waals surface area contributed by atoms with Gasteiger partial charge in [0.15, 0.2) is 0 Å². The fourth-order valence-electron chi connectivity index (χ4n) is 4.49. The van der Waals surface area contributed by atoms with Crippen molar-refractivity contribution in [3.63, 3.8) is 0 Å². The average Bonchev–Trinajstić information content (AvgIpc) is 3.55. The van der Waals surface area contributed by atoms with Crippen LogP contribution in [0.5, 0.6) is 0 Å². The molecule has 1 aromatic heterocycles. The van der Waals surface area contributed by atoms with Crippen LogP contribution >= 0.6 is 11.8 Å². The first kappa shape index (κ1) is 25.2. The summed E-state index contributed by atoms with van der Waals surface area (Å²) in [5.74, 6) is -1.23. The lowest BCUT2D eigenvalue weighted by atomic mass is 10.1. The van der Waals surface area contributed by atoms with Gasteiger partial charge in [-0.2, -0.15) is 19.0 Å². The summed E-state index contributed by atoms with van der Waals surface area (Å²) in [5, 5.41) is 8.54. The maximum Gasteiger partial charge on any atom is 0.288 e. The number of halogens is 2. The summed E-state index contributed by atoms with van der Waals surface area (Å²) in [6.45, 7) is 3.16. The van der Waals surface area contributed by atoms with Crippen LogP contribution < -0.4 is 0 Å². The molecule has 8 heteroatoms. The number of hydrogen-bond acceptors (Lipinski definition) is 6. The third-order valence-electron chi connectivity index (χ3n) is 6.20. The van der Waals surface area contributed by atoms with Crippen LogP contribution in [0.15, 0.2) is 103 Å². The molecule has 0 radical (unpaired) electrons. The Kier molecular flexibility index (Phi) is 8.28. The molecule has 0 unspecified atom stereocenters. The summed E-state index contributed by atoms with van der Waals surface area (Å²) >= 11 is 0.523. The standard InChI is InChI=1S/C29H27F2N3O2S/c30-29(31)37-26-11-8-22(9-12-26)27-13-10-25(36-27)20-33-32-19-24-7-6-23(18-21-4-2-1-3-5-21)28(24)34-14-16-35-17-15-34/h1-5,8-13,18-20,29H,6-7,14-17H2/b23-18+,32-19+,33-20+. The highest BCUT2D eigenvalue weighted by Crippen LogP contribution is 2.35. The van der Waals surface area contributed by atoms with Gasteiger partial charge in [0, 0.05) is 29.2 Å². The van der Waals surface area contributed by atoms with Crippen molar-refractivity contribution in [3.8, 4) is 11.3 Å². The van der Waals surface area contributed by atoms with Crippen LogP contribution in [-0.2, 0) is 4.74 Å². The minimum absolute atomic E-state index is 0.515. The van der Waals surface area contributed by atoms with Gasteiger partial charge in [-0.15, -0.1) is 0 Å². The molecule has 2 aromatic carbocycles. The minimum Gasteiger partial charge on any atom is -0.455 e. The van der Waals surface area contributed by atoms with Crippen LogP contribution in [0.3, 0.4) is 0 Å². The van der Waals surface area contributed by atoms with E-state index in [0.29, 0.717) is 28.2 Å². The Morgan fingerprint density at radius 1 is 0.865 bits per heavy atom. The van der Waals surface area contributed by atoms with E-state index in [1.54, 1.807) is 30.5 Å². The first-order valence-corrected chi connectivity index (χ1v) is 13.1. The molecule has 1 fully saturated rings. The molecule has 3 aromatic rings. The molecule has 2 heterocycles. The first-order chi connectivity index (χ1) is 18.2. The van der Waals surface area contributed by atoms with Crippen molar-refractivity contribution in [2.75, 3.05) is 26.3 Å². The van der Waals surface area contributed by atoms with Gasteiger partial charge >= 0.3 is 0 Å². The molecule has 0 bridgehead atoms. The van der Waals surface area contributed by atoms with Gasteiger partial charge in [-0.3, -0.25) is 0 Å². The van der Waals surface area contributed by atoms with Crippen molar-refractivity contribution in [1.29, 1.82) is 0 Å². The fourth-order valence-corrected chi connectivity index (χ4v) is 4.99.